The summed E-state index contributed by atoms with van der Waals surface area (Å²) in [6.45, 7) is 1.69. The molecule has 0 bridgehead atoms. The van der Waals surface area contributed by atoms with Crippen molar-refractivity contribution < 1.29 is 30.4 Å². The maximum atomic E-state index is 14.7. The summed E-state index contributed by atoms with van der Waals surface area (Å²) in [6.07, 6.45) is -2.48. The van der Waals surface area contributed by atoms with Gasteiger partial charge in [0.2, 0.25) is 0 Å². The summed E-state index contributed by atoms with van der Waals surface area (Å²) in [4.78, 5) is 3.23. The van der Waals surface area contributed by atoms with E-state index in [1.54, 1.807) is 19.1 Å². The molecule has 0 fully saturated rings. The summed E-state index contributed by atoms with van der Waals surface area (Å²) in [7, 11) is -3.97. The minimum absolute atomic E-state index is 0.172. The van der Waals surface area contributed by atoms with Gasteiger partial charge in [-0.05, 0) is 53.4 Å². The van der Waals surface area contributed by atoms with Gasteiger partial charge in [0.25, 0.3) is 0 Å². The number of fused-ring (bicyclic) bond motifs is 1. The monoisotopic (exact) mass is 477 g/mol. The van der Waals surface area contributed by atoms with Crippen molar-refractivity contribution in [3.05, 3.63) is 83.6 Å². The summed E-state index contributed by atoms with van der Waals surface area (Å²) in [6, 6.07) is 11.4. The first-order chi connectivity index (χ1) is 15.4. The van der Waals surface area contributed by atoms with E-state index in [0.29, 0.717) is 22.8 Å². The minimum Gasteiger partial charge on any atom is -0.255 e. The van der Waals surface area contributed by atoms with Gasteiger partial charge in [0.05, 0.1) is 11.1 Å². The van der Waals surface area contributed by atoms with Crippen molar-refractivity contribution in [3.63, 3.8) is 0 Å². The molecule has 0 aliphatic carbocycles. The zero-order valence-corrected chi connectivity index (χ0v) is 18.2. The van der Waals surface area contributed by atoms with Gasteiger partial charge in [0.1, 0.15) is 16.5 Å². The molecule has 1 aromatic heterocycles. The van der Waals surface area contributed by atoms with Crippen molar-refractivity contribution in [1.82, 2.24) is 4.98 Å². The number of rotatable bonds is 3. The third-order valence-corrected chi connectivity index (χ3v) is 6.39. The molecule has 0 unspecified atom stereocenters. The average molecular weight is 477 g/mol. The summed E-state index contributed by atoms with van der Waals surface area (Å²) >= 11 is 0. The number of aryl methyl sites for hydroxylation is 1. The normalized spacial score (nSPS) is 12.3. The fourth-order valence-electron chi connectivity index (χ4n) is 3.81. The highest BCUT2D eigenvalue weighted by Gasteiger charge is 2.33. The molecule has 9 heteroatoms. The number of hydrogen-bond acceptors (Lipinski definition) is 3. The number of para-hydroxylation sites is 1. The maximum Gasteiger partial charge on any atom is 0.418 e. The molecule has 4 aromatic rings. The maximum absolute atomic E-state index is 14.7. The van der Waals surface area contributed by atoms with Gasteiger partial charge < -0.3 is 0 Å². The summed E-state index contributed by atoms with van der Waals surface area (Å²) in [5.74, 6) is -2.04. The van der Waals surface area contributed by atoms with Crippen LogP contribution in [0, 0.1) is 18.6 Å². The first-order valence-corrected chi connectivity index (χ1v) is 11.5. The second-order valence-electron chi connectivity index (χ2n) is 7.63. The van der Waals surface area contributed by atoms with E-state index >= 15 is 0 Å². The van der Waals surface area contributed by atoms with Gasteiger partial charge in [-0.15, -0.1) is 0 Å². The Morgan fingerprint density at radius 3 is 2.21 bits per heavy atom. The molecular formula is C24H16F5NO2S. The lowest BCUT2D eigenvalue weighted by Crippen LogP contribution is -2.07. The Bertz CT molecular complexity index is 1510. The second-order valence-corrected chi connectivity index (χ2v) is 9.62. The molecule has 0 N–H and O–H groups in total. The Morgan fingerprint density at radius 1 is 0.879 bits per heavy atom. The number of pyridine rings is 1. The molecule has 1 heterocycles. The Morgan fingerprint density at radius 2 is 1.55 bits per heavy atom. The molecule has 0 spiro atoms. The molecule has 0 aliphatic rings. The van der Waals surface area contributed by atoms with Crippen molar-refractivity contribution in [1.29, 1.82) is 0 Å². The van der Waals surface area contributed by atoms with Crippen LogP contribution in [-0.4, -0.2) is 19.7 Å². The Hall–Kier alpha value is -3.33. The fraction of sp³-hybridized carbons (Fsp3) is 0.125. The van der Waals surface area contributed by atoms with Gasteiger partial charge >= 0.3 is 6.18 Å². The number of halogens is 5. The third kappa shape index (κ3) is 4.20. The molecule has 4 rings (SSSR count). The van der Waals surface area contributed by atoms with Crippen LogP contribution in [-0.2, 0) is 16.0 Å². The van der Waals surface area contributed by atoms with E-state index in [1.165, 1.54) is 30.5 Å². The number of nitrogens with zero attached hydrogens (tertiary/aromatic N) is 1. The van der Waals surface area contributed by atoms with Crippen LogP contribution in [0.2, 0.25) is 0 Å². The molecule has 0 amide bonds. The van der Waals surface area contributed by atoms with Crippen LogP contribution in [0.25, 0.3) is 33.2 Å². The molecule has 3 aromatic carbocycles. The van der Waals surface area contributed by atoms with Crippen molar-refractivity contribution in [2.45, 2.75) is 18.0 Å². The highest BCUT2D eigenvalue weighted by atomic mass is 32.2. The molecule has 0 aliphatic heterocycles. The van der Waals surface area contributed by atoms with Crippen LogP contribution in [0.1, 0.15) is 11.1 Å². The third-order valence-electron chi connectivity index (χ3n) is 5.28. The number of aromatic nitrogens is 1. The van der Waals surface area contributed by atoms with Gasteiger partial charge in [-0.1, -0.05) is 30.3 Å². The summed E-state index contributed by atoms with van der Waals surface area (Å²) in [5, 5.41) is 0.265. The van der Waals surface area contributed by atoms with Crippen LogP contribution in [0.5, 0.6) is 0 Å². The van der Waals surface area contributed by atoms with Crippen LogP contribution < -0.4 is 0 Å². The van der Waals surface area contributed by atoms with Crippen molar-refractivity contribution >= 4 is 20.7 Å². The first kappa shape index (κ1) is 22.8. The molecule has 3 nitrogen and oxygen atoms in total. The van der Waals surface area contributed by atoms with Gasteiger partial charge in [-0.3, -0.25) is 4.98 Å². The molecule has 0 saturated heterocycles. The Kier molecular flexibility index (Phi) is 5.48. The van der Waals surface area contributed by atoms with E-state index in [-0.39, 0.29) is 22.0 Å². The van der Waals surface area contributed by atoms with E-state index in [0.717, 1.165) is 18.4 Å². The lowest BCUT2D eigenvalue weighted by Gasteiger charge is -2.15. The van der Waals surface area contributed by atoms with E-state index in [1.807, 2.05) is 0 Å². The molecular weight excluding hydrogens is 461 g/mol. The van der Waals surface area contributed by atoms with Crippen LogP contribution in [0.15, 0.2) is 65.7 Å². The van der Waals surface area contributed by atoms with Crippen LogP contribution in [0.4, 0.5) is 22.0 Å². The predicted octanol–water partition coefficient (Wildman–Crippen LogP) is 6.58. The quantitative estimate of drug-likeness (QED) is 0.313. The SMILES string of the molecule is Cc1cnc2c(C(F)(F)F)cccc2c1-c1cccc(-c2cc(F)c(S(C)(=O)=O)cc2F)c1. The summed E-state index contributed by atoms with van der Waals surface area (Å²) in [5.41, 5.74) is 0.519. The lowest BCUT2D eigenvalue weighted by atomic mass is 9.93. The van der Waals surface area contributed by atoms with Gasteiger partial charge in [0.15, 0.2) is 9.84 Å². The number of benzene rings is 3. The standard InChI is InChI=1S/C24H16F5NO2S/c1-13-12-30-23-16(7-4-8-18(23)24(27,28)29)22(13)15-6-3-5-14(9-15)17-10-20(26)21(11-19(17)25)33(2,31)32/h3-12H,1-2H3. The highest BCUT2D eigenvalue weighted by Crippen LogP contribution is 2.39. The number of alkyl halides is 3. The van der Waals surface area contributed by atoms with Gasteiger partial charge in [-0.2, -0.15) is 13.2 Å². The van der Waals surface area contributed by atoms with Crippen LogP contribution >= 0.6 is 0 Å². The topological polar surface area (TPSA) is 47.0 Å². The zero-order chi connectivity index (χ0) is 24.1. The van der Waals surface area contributed by atoms with Crippen LogP contribution in [0.3, 0.4) is 0 Å². The minimum atomic E-state index is -4.59. The van der Waals surface area contributed by atoms with Crippen molar-refractivity contribution in [3.8, 4) is 22.3 Å². The van der Waals surface area contributed by atoms with E-state index < -0.39 is 38.1 Å². The average Bonchev–Trinajstić information content (AvgIpc) is 2.73. The highest BCUT2D eigenvalue weighted by molar-refractivity contribution is 7.90. The molecule has 0 radical (unpaired) electrons. The number of sulfone groups is 1. The zero-order valence-electron chi connectivity index (χ0n) is 17.3. The molecule has 170 valence electrons. The van der Waals surface area contributed by atoms with Crippen molar-refractivity contribution in [2.24, 2.45) is 0 Å². The molecule has 0 atom stereocenters. The number of hydrogen-bond donors (Lipinski definition) is 0. The Labute approximate surface area is 186 Å². The fourth-order valence-corrected chi connectivity index (χ4v) is 4.54. The van der Waals surface area contributed by atoms with Gasteiger partial charge in [0, 0.05) is 23.4 Å². The van der Waals surface area contributed by atoms with Crippen molar-refractivity contribution in [2.75, 3.05) is 6.26 Å². The second kappa shape index (κ2) is 7.91. The first-order valence-electron chi connectivity index (χ1n) is 9.63. The predicted molar refractivity (Wildman–Crippen MR) is 115 cm³/mol. The summed E-state index contributed by atoms with van der Waals surface area (Å²) < 4.78 is 92.9. The Balaban J connectivity index is 1.93. The van der Waals surface area contributed by atoms with Gasteiger partial charge in [-0.25, -0.2) is 17.2 Å². The molecule has 0 saturated carbocycles. The van der Waals surface area contributed by atoms with E-state index in [4.69, 9.17) is 0 Å². The smallest absolute Gasteiger partial charge is 0.255 e. The lowest BCUT2D eigenvalue weighted by molar-refractivity contribution is -0.136. The largest absolute Gasteiger partial charge is 0.418 e. The van der Waals surface area contributed by atoms with E-state index in [2.05, 4.69) is 4.98 Å². The van der Waals surface area contributed by atoms with E-state index in [9.17, 15) is 30.4 Å². The molecule has 33 heavy (non-hydrogen) atoms.